The summed E-state index contributed by atoms with van der Waals surface area (Å²) in [5, 5.41) is 6.14. The number of amides is 1. The molecule has 0 saturated carbocycles. The standard InChI is InChI=1S/C18H20ClN3O4/c1-25-9-3-8-20-13-5-7-15(21-11-13)17(23)22-16-10-12(18(24)26-2)4-6-14(16)19/h4-7,10-11,20H,3,8-9H2,1-2H3,(H,22,23). The smallest absolute Gasteiger partial charge is 0.337 e. The van der Waals surface area contributed by atoms with Crippen LogP contribution in [0.15, 0.2) is 36.5 Å². The Morgan fingerprint density at radius 1 is 1.19 bits per heavy atom. The van der Waals surface area contributed by atoms with Gasteiger partial charge in [-0.05, 0) is 36.8 Å². The van der Waals surface area contributed by atoms with Gasteiger partial charge in [-0.15, -0.1) is 0 Å². The summed E-state index contributed by atoms with van der Waals surface area (Å²) in [5.41, 5.74) is 1.63. The Morgan fingerprint density at radius 3 is 2.65 bits per heavy atom. The molecule has 1 aromatic carbocycles. The van der Waals surface area contributed by atoms with Crippen LogP contribution in [0, 0.1) is 0 Å². The van der Waals surface area contributed by atoms with Crippen LogP contribution in [0.25, 0.3) is 0 Å². The lowest BCUT2D eigenvalue weighted by molar-refractivity contribution is 0.0600. The molecule has 26 heavy (non-hydrogen) atoms. The molecule has 7 nitrogen and oxygen atoms in total. The number of methoxy groups -OCH3 is 2. The molecule has 0 atom stereocenters. The first-order valence-electron chi connectivity index (χ1n) is 7.93. The van der Waals surface area contributed by atoms with Gasteiger partial charge >= 0.3 is 5.97 Å². The summed E-state index contributed by atoms with van der Waals surface area (Å²) in [5.74, 6) is -0.945. The van der Waals surface area contributed by atoms with Gasteiger partial charge in [-0.25, -0.2) is 9.78 Å². The first kappa shape index (κ1) is 19.7. The lowest BCUT2D eigenvalue weighted by Gasteiger charge is -2.09. The third kappa shape index (κ3) is 5.44. The fourth-order valence-corrected chi connectivity index (χ4v) is 2.30. The van der Waals surface area contributed by atoms with Crippen molar-refractivity contribution in [1.29, 1.82) is 0 Å². The van der Waals surface area contributed by atoms with Crippen molar-refractivity contribution >= 4 is 34.9 Å². The minimum absolute atomic E-state index is 0.229. The number of carbonyl (C=O) groups excluding carboxylic acids is 2. The third-order valence-corrected chi connectivity index (χ3v) is 3.82. The van der Waals surface area contributed by atoms with Crippen LogP contribution in [0.5, 0.6) is 0 Å². The van der Waals surface area contributed by atoms with Gasteiger partial charge in [-0.1, -0.05) is 11.6 Å². The summed E-state index contributed by atoms with van der Waals surface area (Å²) >= 11 is 6.08. The third-order valence-electron chi connectivity index (χ3n) is 3.49. The summed E-state index contributed by atoms with van der Waals surface area (Å²) in [6.07, 6.45) is 2.45. The van der Waals surface area contributed by atoms with E-state index < -0.39 is 11.9 Å². The summed E-state index contributed by atoms with van der Waals surface area (Å²) in [7, 11) is 2.94. The highest BCUT2D eigenvalue weighted by atomic mass is 35.5. The molecule has 8 heteroatoms. The Bertz CT molecular complexity index is 766. The predicted molar refractivity (Wildman–Crippen MR) is 100.0 cm³/mol. The Kier molecular flexibility index (Phi) is 7.37. The Balaban J connectivity index is 2.02. The van der Waals surface area contributed by atoms with E-state index in [-0.39, 0.29) is 11.3 Å². The number of nitrogens with one attached hydrogen (secondary N) is 2. The highest BCUT2D eigenvalue weighted by Gasteiger charge is 2.13. The van der Waals surface area contributed by atoms with Gasteiger partial charge in [-0.2, -0.15) is 0 Å². The van der Waals surface area contributed by atoms with Crippen molar-refractivity contribution in [1.82, 2.24) is 4.98 Å². The van der Waals surface area contributed by atoms with Gasteiger partial charge in [0.05, 0.1) is 35.3 Å². The fourth-order valence-electron chi connectivity index (χ4n) is 2.13. The van der Waals surface area contributed by atoms with Crippen molar-refractivity contribution in [2.45, 2.75) is 6.42 Å². The number of aromatic nitrogens is 1. The van der Waals surface area contributed by atoms with Crippen LogP contribution < -0.4 is 10.6 Å². The highest BCUT2D eigenvalue weighted by molar-refractivity contribution is 6.34. The average molecular weight is 378 g/mol. The van der Waals surface area contributed by atoms with Crippen molar-refractivity contribution in [3.63, 3.8) is 0 Å². The lowest BCUT2D eigenvalue weighted by Crippen LogP contribution is -2.15. The van der Waals surface area contributed by atoms with Crippen LogP contribution in [0.2, 0.25) is 5.02 Å². The van der Waals surface area contributed by atoms with Gasteiger partial charge in [0, 0.05) is 20.3 Å². The number of halogens is 1. The molecule has 2 N–H and O–H groups in total. The van der Waals surface area contributed by atoms with Crippen LogP contribution in [-0.4, -0.2) is 44.2 Å². The van der Waals surface area contributed by atoms with E-state index in [9.17, 15) is 9.59 Å². The molecule has 0 aliphatic heterocycles. The summed E-state index contributed by atoms with van der Waals surface area (Å²) < 4.78 is 9.64. The van der Waals surface area contributed by atoms with Crippen LogP contribution in [0.1, 0.15) is 27.3 Å². The van der Waals surface area contributed by atoms with Crippen molar-refractivity contribution in [3.05, 3.63) is 52.8 Å². The van der Waals surface area contributed by atoms with Crippen molar-refractivity contribution in [2.24, 2.45) is 0 Å². The number of carbonyl (C=O) groups is 2. The molecule has 0 spiro atoms. The van der Waals surface area contributed by atoms with E-state index in [1.54, 1.807) is 25.4 Å². The van der Waals surface area contributed by atoms with Crippen LogP contribution in [0.4, 0.5) is 11.4 Å². The van der Waals surface area contributed by atoms with E-state index in [1.807, 2.05) is 0 Å². The van der Waals surface area contributed by atoms with Crippen LogP contribution in [-0.2, 0) is 9.47 Å². The average Bonchev–Trinajstić information content (AvgIpc) is 2.66. The maximum Gasteiger partial charge on any atom is 0.337 e. The summed E-state index contributed by atoms with van der Waals surface area (Å²) in [6.45, 7) is 1.42. The molecule has 1 aromatic heterocycles. The first-order valence-corrected chi connectivity index (χ1v) is 8.31. The molecule has 0 aliphatic carbocycles. The van der Waals surface area contributed by atoms with Crippen LogP contribution in [0.3, 0.4) is 0 Å². The van der Waals surface area contributed by atoms with E-state index >= 15 is 0 Å². The molecule has 2 rings (SSSR count). The second-order valence-electron chi connectivity index (χ2n) is 5.35. The van der Waals surface area contributed by atoms with Crippen LogP contribution >= 0.6 is 11.6 Å². The summed E-state index contributed by atoms with van der Waals surface area (Å²) in [6, 6.07) is 7.86. The quantitative estimate of drug-likeness (QED) is 0.542. The molecule has 1 amide bonds. The first-order chi connectivity index (χ1) is 12.5. The molecule has 0 bridgehead atoms. The Morgan fingerprint density at radius 2 is 2.00 bits per heavy atom. The normalized spacial score (nSPS) is 10.3. The number of pyridine rings is 1. The fraction of sp³-hybridized carbons (Fsp3) is 0.278. The summed E-state index contributed by atoms with van der Waals surface area (Å²) in [4.78, 5) is 28.1. The molecule has 0 aliphatic rings. The number of esters is 1. The molecular weight excluding hydrogens is 358 g/mol. The zero-order valence-electron chi connectivity index (χ0n) is 14.5. The largest absolute Gasteiger partial charge is 0.465 e. The highest BCUT2D eigenvalue weighted by Crippen LogP contribution is 2.24. The van der Waals surface area contributed by atoms with Crippen molar-refractivity contribution in [2.75, 3.05) is 38.0 Å². The number of nitrogens with zero attached hydrogens (tertiary/aromatic N) is 1. The number of hydrogen-bond donors (Lipinski definition) is 2. The van der Waals surface area contributed by atoms with Crippen molar-refractivity contribution < 1.29 is 19.1 Å². The molecule has 0 radical (unpaired) electrons. The van der Waals surface area contributed by atoms with Crippen molar-refractivity contribution in [3.8, 4) is 0 Å². The second-order valence-corrected chi connectivity index (χ2v) is 5.75. The Hall–Kier alpha value is -2.64. The molecule has 0 unspecified atom stereocenters. The monoisotopic (exact) mass is 377 g/mol. The Labute approximate surface area is 156 Å². The van der Waals surface area contributed by atoms with E-state index in [0.29, 0.717) is 17.3 Å². The minimum atomic E-state index is -0.515. The van der Waals surface area contributed by atoms with Gasteiger partial charge in [0.1, 0.15) is 5.69 Å². The van der Waals surface area contributed by atoms with E-state index in [4.69, 9.17) is 16.3 Å². The number of anilines is 2. The molecule has 0 fully saturated rings. The molecule has 138 valence electrons. The zero-order chi connectivity index (χ0) is 18.9. The SMILES string of the molecule is COCCCNc1ccc(C(=O)Nc2cc(C(=O)OC)ccc2Cl)nc1. The molecular formula is C18H20ClN3O4. The van der Waals surface area contributed by atoms with E-state index in [1.165, 1.54) is 25.3 Å². The number of benzene rings is 1. The predicted octanol–water partition coefficient (Wildman–Crippen LogP) is 3.22. The van der Waals surface area contributed by atoms with Gasteiger partial charge in [0.2, 0.25) is 0 Å². The lowest BCUT2D eigenvalue weighted by atomic mass is 10.2. The number of hydrogen-bond acceptors (Lipinski definition) is 6. The number of rotatable bonds is 8. The van der Waals surface area contributed by atoms with Gasteiger partial charge in [0.25, 0.3) is 5.91 Å². The number of ether oxygens (including phenoxy) is 2. The van der Waals surface area contributed by atoms with Gasteiger partial charge in [0.15, 0.2) is 0 Å². The maximum atomic E-state index is 12.3. The molecule has 1 heterocycles. The molecule has 0 saturated heterocycles. The molecule has 2 aromatic rings. The van der Waals surface area contributed by atoms with Gasteiger partial charge in [-0.3, -0.25) is 4.79 Å². The minimum Gasteiger partial charge on any atom is -0.465 e. The van der Waals surface area contributed by atoms with E-state index in [2.05, 4.69) is 20.4 Å². The zero-order valence-corrected chi connectivity index (χ0v) is 15.3. The van der Waals surface area contributed by atoms with E-state index in [0.717, 1.165) is 18.7 Å². The maximum absolute atomic E-state index is 12.3. The second kappa shape index (κ2) is 9.74. The topological polar surface area (TPSA) is 89.6 Å². The van der Waals surface area contributed by atoms with Gasteiger partial charge < -0.3 is 20.1 Å².